The number of hydrogen-bond acceptors (Lipinski definition) is 5. The van der Waals surface area contributed by atoms with Crippen molar-refractivity contribution in [2.75, 3.05) is 11.1 Å². The van der Waals surface area contributed by atoms with Gasteiger partial charge >= 0.3 is 5.78 Å². The highest BCUT2D eigenvalue weighted by Crippen LogP contribution is 2.29. The molecule has 3 N–H and O–H groups in total. The predicted octanol–water partition coefficient (Wildman–Crippen LogP) is 4.53. The number of nitrogens with one attached hydrogen (secondary N) is 1. The predicted molar refractivity (Wildman–Crippen MR) is 117 cm³/mol. The number of carbonyl (C=O) groups excluding carboxylic acids is 1. The lowest BCUT2D eigenvalue weighted by atomic mass is 10.1. The van der Waals surface area contributed by atoms with Gasteiger partial charge in [0.2, 0.25) is 5.82 Å². The summed E-state index contributed by atoms with van der Waals surface area (Å²) in [4.78, 5) is 18.2. The Kier molecular flexibility index (Phi) is 5.02. The molecule has 0 saturated carbocycles. The van der Waals surface area contributed by atoms with E-state index in [1.165, 1.54) is 6.92 Å². The van der Waals surface area contributed by atoms with Gasteiger partial charge in [-0.3, -0.25) is 10.1 Å². The van der Waals surface area contributed by atoms with Gasteiger partial charge in [0.25, 0.3) is 5.91 Å². The molecule has 0 aliphatic heterocycles. The maximum atomic E-state index is 12.6. The fourth-order valence-electron chi connectivity index (χ4n) is 3.54. The summed E-state index contributed by atoms with van der Waals surface area (Å²) in [5.41, 5.74) is 10.3. The number of carbonyl (C=O) groups is 1. The Bertz CT molecular complexity index is 1210. The summed E-state index contributed by atoms with van der Waals surface area (Å²) in [5.74, 6) is 1.35. The van der Waals surface area contributed by atoms with Crippen molar-refractivity contribution in [3.63, 3.8) is 0 Å². The van der Waals surface area contributed by atoms with Crippen LogP contribution in [0.2, 0.25) is 5.15 Å². The average Bonchev–Trinajstić information content (AvgIpc) is 3.25. The van der Waals surface area contributed by atoms with Crippen LogP contribution in [-0.2, 0) is 6.42 Å². The third kappa shape index (κ3) is 3.47. The largest absolute Gasteiger partial charge is 0.344 e. The van der Waals surface area contributed by atoms with E-state index < -0.39 is 0 Å². The normalized spacial score (nSPS) is 11.2. The lowest BCUT2D eigenvalue weighted by Gasteiger charge is -2.11. The smallest absolute Gasteiger partial charge is 0.341 e. The molecule has 0 radical (unpaired) electrons. The maximum absolute atomic E-state index is 12.6. The molecule has 148 valence electrons. The minimum Gasteiger partial charge on any atom is -0.344 e. The fraction of sp³-hybridized carbons (Fsp3) is 0.190. The lowest BCUT2D eigenvalue weighted by molar-refractivity contribution is -0.481. The van der Waals surface area contributed by atoms with Crippen LogP contribution in [0.3, 0.4) is 0 Å². The summed E-state index contributed by atoms with van der Waals surface area (Å²) < 4.78 is 3.33. The molecule has 0 unspecified atom stereocenters. The van der Waals surface area contributed by atoms with E-state index in [0.29, 0.717) is 23.8 Å². The number of imidazole rings is 1. The molecule has 8 heteroatoms. The van der Waals surface area contributed by atoms with Crippen LogP contribution in [0, 0.1) is 13.8 Å². The number of aromatic nitrogens is 3. The number of nitrogens with zero attached hydrogens (tertiary/aromatic N) is 3. The third-order valence-corrected chi connectivity index (χ3v) is 5.93. The second-order valence-electron chi connectivity index (χ2n) is 6.94. The van der Waals surface area contributed by atoms with E-state index in [0.717, 1.165) is 27.4 Å². The van der Waals surface area contributed by atoms with Crippen LogP contribution in [0.25, 0.3) is 5.78 Å². The molecule has 0 fully saturated rings. The van der Waals surface area contributed by atoms with E-state index in [4.69, 9.17) is 17.3 Å². The van der Waals surface area contributed by atoms with Crippen LogP contribution in [0.15, 0.2) is 41.8 Å². The van der Waals surface area contributed by atoms with E-state index in [9.17, 15) is 4.79 Å². The summed E-state index contributed by atoms with van der Waals surface area (Å²) in [6.45, 7) is 5.60. The highest BCUT2D eigenvalue weighted by atomic mass is 35.5. The Balaban J connectivity index is 2.03. The Morgan fingerprint density at radius 3 is 2.62 bits per heavy atom. The number of halogens is 1. The summed E-state index contributed by atoms with van der Waals surface area (Å²) in [6, 6.07) is 11.7. The summed E-state index contributed by atoms with van der Waals surface area (Å²) in [6.07, 6.45) is 0.560. The average molecular weight is 427 g/mol. The molecule has 0 aliphatic rings. The van der Waals surface area contributed by atoms with Crippen LogP contribution >= 0.6 is 22.9 Å². The molecule has 4 aromatic rings. The second-order valence-corrected chi connectivity index (χ2v) is 8.36. The van der Waals surface area contributed by atoms with E-state index in [1.54, 1.807) is 26.4 Å². The van der Waals surface area contributed by atoms with Crippen LogP contribution in [0.1, 0.15) is 33.4 Å². The standard InChI is InChI=1S/C21H20ClN5OS/c1-12-6-4-7-13(2)19(12)25-20-16(10-15-8-5-9-29-15)26(14(3)28)21-24-17(22)11-18(23)27(20)21/h4-9,11,23,25H,10H2,1-3H3/p+1. The molecular formula is C21H21ClN5OS+. The molecule has 3 heterocycles. The van der Waals surface area contributed by atoms with Crippen molar-refractivity contribution in [2.24, 2.45) is 0 Å². The van der Waals surface area contributed by atoms with E-state index >= 15 is 0 Å². The van der Waals surface area contributed by atoms with Gasteiger partial charge in [0.1, 0.15) is 5.69 Å². The van der Waals surface area contributed by atoms with Gasteiger partial charge in [-0.1, -0.05) is 35.9 Å². The second kappa shape index (κ2) is 7.50. The molecule has 0 atom stereocenters. The molecule has 0 spiro atoms. The fourth-order valence-corrected chi connectivity index (χ4v) is 4.44. The zero-order chi connectivity index (χ0) is 20.7. The SMILES string of the molecule is CC(=O)n1c(Cc2cccs2)c(Nc2c(C)cccc2C)[n+]2c(N)cc(Cl)nc12. The minimum absolute atomic E-state index is 0.155. The molecule has 1 aromatic carbocycles. The molecule has 6 nitrogen and oxygen atoms in total. The molecule has 0 bridgehead atoms. The van der Waals surface area contributed by atoms with E-state index in [1.807, 2.05) is 49.6 Å². The van der Waals surface area contributed by atoms with Crippen LogP contribution in [0.4, 0.5) is 17.3 Å². The van der Waals surface area contributed by atoms with Crippen LogP contribution in [0.5, 0.6) is 0 Å². The lowest BCUT2D eigenvalue weighted by Crippen LogP contribution is -2.30. The maximum Gasteiger partial charge on any atom is 0.341 e. The summed E-state index contributed by atoms with van der Waals surface area (Å²) >= 11 is 7.81. The molecule has 4 rings (SSSR count). The molecule has 0 amide bonds. The molecule has 0 aliphatic carbocycles. The first-order valence-electron chi connectivity index (χ1n) is 9.14. The number of para-hydroxylation sites is 1. The van der Waals surface area contributed by atoms with E-state index in [-0.39, 0.29) is 11.1 Å². The van der Waals surface area contributed by atoms with Gasteiger partial charge in [-0.05, 0) is 36.4 Å². The number of rotatable bonds is 4. The van der Waals surface area contributed by atoms with Crippen molar-refractivity contribution in [3.8, 4) is 0 Å². The van der Waals surface area contributed by atoms with Gasteiger partial charge in [0.15, 0.2) is 11.0 Å². The third-order valence-electron chi connectivity index (χ3n) is 4.86. The summed E-state index contributed by atoms with van der Waals surface area (Å²) in [5, 5.41) is 5.79. The number of nitrogens with two attached hydrogens (primary N) is 1. The van der Waals surface area contributed by atoms with Gasteiger partial charge in [-0.2, -0.15) is 8.97 Å². The summed E-state index contributed by atoms with van der Waals surface area (Å²) in [7, 11) is 0. The number of fused-ring (bicyclic) bond motifs is 1. The van der Waals surface area contributed by atoms with Gasteiger partial charge in [-0.25, -0.2) is 0 Å². The quantitative estimate of drug-likeness (QED) is 0.371. The van der Waals surface area contributed by atoms with Crippen molar-refractivity contribution in [2.45, 2.75) is 27.2 Å². The van der Waals surface area contributed by atoms with Crippen molar-refractivity contribution < 1.29 is 9.20 Å². The van der Waals surface area contributed by atoms with Crippen molar-refractivity contribution in [1.29, 1.82) is 0 Å². The number of aryl methyl sites for hydroxylation is 2. The highest BCUT2D eigenvalue weighted by Gasteiger charge is 2.29. The van der Waals surface area contributed by atoms with Gasteiger partial charge in [0, 0.05) is 24.3 Å². The minimum atomic E-state index is -0.155. The first-order chi connectivity index (χ1) is 13.9. The molecule has 0 saturated heterocycles. The number of benzene rings is 1. The Morgan fingerprint density at radius 1 is 1.28 bits per heavy atom. The topological polar surface area (TPSA) is 77.0 Å². The number of nitrogen functional groups attached to an aromatic ring is 1. The monoisotopic (exact) mass is 426 g/mol. The van der Waals surface area contributed by atoms with Crippen LogP contribution in [-0.4, -0.2) is 15.5 Å². The Morgan fingerprint density at radius 2 is 2.00 bits per heavy atom. The first kappa shape index (κ1) is 19.4. The van der Waals surface area contributed by atoms with Crippen LogP contribution < -0.4 is 15.5 Å². The van der Waals surface area contributed by atoms with Gasteiger partial charge in [0.05, 0.1) is 5.69 Å². The van der Waals surface area contributed by atoms with Crippen molar-refractivity contribution in [3.05, 3.63) is 68.6 Å². The molecule has 3 aromatic heterocycles. The van der Waals surface area contributed by atoms with Gasteiger partial charge in [-0.15, -0.1) is 16.3 Å². The van der Waals surface area contributed by atoms with Crippen molar-refractivity contribution in [1.82, 2.24) is 9.55 Å². The number of anilines is 3. The zero-order valence-electron chi connectivity index (χ0n) is 16.4. The molecule has 29 heavy (non-hydrogen) atoms. The van der Waals surface area contributed by atoms with Gasteiger partial charge < -0.3 is 5.73 Å². The zero-order valence-corrected chi connectivity index (χ0v) is 17.9. The Hall–Kier alpha value is -2.90. The van der Waals surface area contributed by atoms with E-state index in [2.05, 4.69) is 10.3 Å². The number of thiophene rings is 1. The Labute approximate surface area is 177 Å². The van der Waals surface area contributed by atoms with Crippen molar-refractivity contribution >= 4 is 51.9 Å². The molecular weight excluding hydrogens is 406 g/mol. The highest BCUT2D eigenvalue weighted by molar-refractivity contribution is 7.09. The first-order valence-corrected chi connectivity index (χ1v) is 10.4. The number of hydrogen-bond donors (Lipinski definition) is 2.